The van der Waals surface area contributed by atoms with Gasteiger partial charge < -0.3 is 5.32 Å². The Morgan fingerprint density at radius 1 is 0.968 bits per heavy atom. The Morgan fingerprint density at radius 3 is 2.23 bits per heavy atom. The molecule has 2 fully saturated rings. The summed E-state index contributed by atoms with van der Waals surface area (Å²) in [5, 5.41) is 2.69. The molecule has 2 aliphatic heterocycles. The normalized spacial score (nSPS) is 26.2. The van der Waals surface area contributed by atoms with Crippen molar-refractivity contribution >= 4 is 35.6 Å². The molecular weight excluding hydrogens is 462 g/mol. The molecule has 1 aliphatic carbocycles. The van der Waals surface area contributed by atoms with Crippen LogP contribution in [0.1, 0.15) is 44.9 Å². The molecule has 9 nitrogen and oxygen atoms in total. The summed E-state index contributed by atoms with van der Waals surface area (Å²) in [7, 11) is -11.0. The third kappa shape index (κ3) is 4.63. The number of anilines is 1. The van der Waals surface area contributed by atoms with Gasteiger partial charge in [0, 0.05) is 19.3 Å². The van der Waals surface area contributed by atoms with Crippen LogP contribution in [0.2, 0.25) is 0 Å². The molecule has 0 amide bonds. The Balaban J connectivity index is 1.57. The third-order valence-corrected chi connectivity index (χ3v) is 11.7. The van der Waals surface area contributed by atoms with Crippen molar-refractivity contribution in [1.29, 1.82) is 0 Å². The van der Waals surface area contributed by atoms with Gasteiger partial charge in [-0.3, -0.25) is 0 Å². The minimum atomic E-state index is -3.93. The van der Waals surface area contributed by atoms with Crippen LogP contribution in [0, 0.1) is 5.92 Å². The van der Waals surface area contributed by atoms with Gasteiger partial charge in [0.1, 0.15) is 14.7 Å². The lowest BCUT2D eigenvalue weighted by Gasteiger charge is -2.36. The zero-order chi connectivity index (χ0) is 22.4. The van der Waals surface area contributed by atoms with Gasteiger partial charge in [0.2, 0.25) is 20.0 Å². The van der Waals surface area contributed by atoms with Crippen molar-refractivity contribution in [3.8, 4) is 0 Å². The monoisotopic (exact) mass is 491 g/mol. The molecule has 1 aromatic carbocycles. The molecule has 1 saturated carbocycles. The van der Waals surface area contributed by atoms with Crippen LogP contribution in [0.15, 0.2) is 28.0 Å². The highest BCUT2D eigenvalue weighted by Crippen LogP contribution is 2.35. The molecule has 0 spiro atoms. The van der Waals surface area contributed by atoms with Crippen LogP contribution in [0.4, 0.5) is 5.69 Å². The Morgan fingerprint density at radius 2 is 1.61 bits per heavy atom. The largest absolute Gasteiger partial charge is 0.368 e. The van der Waals surface area contributed by atoms with Crippen LogP contribution in [0.25, 0.3) is 0 Å². The standard InChI is InChI=1S/C19H29N3O6S3/c1-29(23,24)15-9-11-22(12-10-15)31(27,28)16-7-8-17-18(13-16)30(25,26)21-19(20-17)14-5-3-2-4-6-14/h7-8,13-15,19-21H,2-6,9-12H2,1H3. The first-order valence-corrected chi connectivity index (χ1v) is 15.5. The quantitative estimate of drug-likeness (QED) is 0.653. The second kappa shape index (κ2) is 8.29. The lowest BCUT2D eigenvalue weighted by molar-refractivity contribution is 0.306. The first kappa shape index (κ1) is 23.0. The molecule has 1 atom stereocenters. The zero-order valence-corrected chi connectivity index (χ0v) is 19.9. The first-order chi connectivity index (χ1) is 14.5. The Bertz CT molecular complexity index is 1150. The van der Waals surface area contributed by atoms with Gasteiger partial charge in [-0.1, -0.05) is 19.3 Å². The number of sulfonamides is 2. The number of hydrogen-bond donors (Lipinski definition) is 2. The molecule has 1 saturated heterocycles. The summed E-state index contributed by atoms with van der Waals surface area (Å²) in [5.74, 6) is 0.205. The Kier molecular flexibility index (Phi) is 6.14. The molecule has 12 heteroatoms. The summed E-state index contributed by atoms with van der Waals surface area (Å²) >= 11 is 0. The van der Waals surface area contributed by atoms with E-state index in [4.69, 9.17) is 0 Å². The number of nitrogens with one attached hydrogen (secondary N) is 2. The van der Waals surface area contributed by atoms with Crippen molar-refractivity contribution < 1.29 is 25.3 Å². The fraction of sp³-hybridized carbons (Fsp3) is 0.684. The molecule has 174 valence electrons. The van der Waals surface area contributed by atoms with E-state index in [1.54, 1.807) is 0 Å². The lowest BCUT2D eigenvalue weighted by Crippen LogP contribution is -2.49. The van der Waals surface area contributed by atoms with Gasteiger partial charge in [0.25, 0.3) is 0 Å². The average molecular weight is 492 g/mol. The van der Waals surface area contributed by atoms with Crippen molar-refractivity contribution in [2.45, 2.75) is 66.2 Å². The van der Waals surface area contributed by atoms with Gasteiger partial charge in [-0.15, -0.1) is 0 Å². The van der Waals surface area contributed by atoms with Gasteiger partial charge in [-0.2, -0.15) is 9.03 Å². The van der Waals surface area contributed by atoms with Crippen LogP contribution in [-0.2, 0) is 29.9 Å². The van der Waals surface area contributed by atoms with Crippen molar-refractivity contribution in [2.75, 3.05) is 24.7 Å². The number of fused-ring (bicyclic) bond motifs is 1. The summed E-state index contributed by atoms with van der Waals surface area (Å²) in [6.45, 7) is 0.175. The highest BCUT2D eigenvalue weighted by molar-refractivity contribution is 7.91. The van der Waals surface area contributed by atoms with E-state index in [2.05, 4.69) is 10.0 Å². The van der Waals surface area contributed by atoms with E-state index in [0.717, 1.165) is 38.4 Å². The summed E-state index contributed by atoms with van der Waals surface area (Å²) in [5.41, 5.74) is 0.407. The lowest BCUT2D eigenvalue weighted by atomic mass is 9.87. The molecule has 2 heterocycles. The smallest absolute Gasteiger partial charge is 0.244 e. The number of piperidine rings is 1. The molecule has 31 heavy (non-hydrogen) atoms. The number of nitrogens with zero attached hydrogens (tertiary/aromatic N) is 1. The Hall–Kier alpha value is -1.21. The maximum atomic E-state index is 13.1. The average Bonchev–Trinajstić information content (AvgIpc) is 2.73. The van der Waals surface area contributed by atoms with Crippen molar-refractivity contribution in [3.63, 3.8) is 0 Å². The van der Waals surface area contributed by atoms with E-state index < -0.39 is 41.3 Å². The van der Waals surface area contributed by atoms with Crippen LogP contribution in [0.3, 0.4) is 0 Å². The molecule has 4 rings (SSSR count). The molecule has 0 aromatic heterocycles. The van der Waals surface area contributed by atoms with Gasteiger partial charge in [0.05, 0.1) is 22.0 Å². The second-order valence-corrected chi connectivity index (χ2v) is 14.7. The topological polar surface area (TPSA) is 130 Å². The van der Waals surface area contributed by atoms with Gasteiger partial charge >= 0.3 is 0 Å². The summed E-state index contributed by atoms with van der Waals surface area (Å²) in [4.78, 5) is -0.181. The van der Waals surface area contributed by atoms with E-state index >= 15 is 0 Å². The van der Waals surface area contributed by atoms with Crippen LogP contribution in [-0.4, -0.2) is 60.3 Å². The SMILES string of the molecule is CS(=O)(=O)C1CCN(S(=O)(=O)c2ccc3c(c2)S(=O)(=O)NC(C2CCCCC2)N3)CC1. The molecule has 3 aliphatic rings. The third-order valence-electron chi connectivity index (χ3n) is 6.60. The van der Waals surface area contributed by atoms with E-state index in [1.807, 2.05) is 0 Å². The number of sulfone groups is 1. The molecule has 0 radical (unpaired) electrons. The summed E-state index contributed by atoms with van der Waals surface area (Å²) in [6.07, 6.45) is 6.44. The fourth-order valence-corrected chi connectivity index (χ4v) is 8.81. The number of rotatable bonds is 4. The van der Waals surface area contributed by atoms with E-state index in [0.29, 0.717) is 5.69 Å². The van der Waals surface area contributed by atoms with Crippen molar-refractivity contribution in [3.05, 3.63) is 18.2 Å². The van der Waals surface area contributed by atoms with Gasteiger partial charge in [-0.05, 0) is 49.8 Å². The van der Waals surface area contributed by atoms with Gasteiger partial charge in [-0.25, -0.2) is 25.3 Å². The van der Waals surface area contributed by atoms with E-state index in [-0.39, 0.29) is 41.6 Å². The first-order valence-electron chi connectivity index (χ1n) is 10.6. The molecule has 0 bridgehead atoms. The van der Waals surface area contributed by atoms with Crippen LogP contribution >= 0.6 is 0 Å². The number of hydrogen-bond acceptors (Lipinski definition) is 7. The summed E-state index contributed by atoms with van der Waals surface area (Å²) < 4.78 is 79.4. The molecule has 1 unspecified atom stereocenters. The minimum Gasteiger partial charge on any atom is -0.368 e. The predicted molar refractivity (Wildman–Crippen MR) is 117 cm³/mol. The Labute approximate surface area is 184 Å². The van der Waals surface area contributed by atoms with Crippen LogP contribution in [0.5, 0.6) is 0 Å². The van der Waals surface area contributed by atoms with Gasteiger partial charge in [0.15, 0.2) is 0 Å². The summed E-state index contributed by atoms with van der Waals surface area (Å²) in [6, 6.07) is 4.13. The second-order valence-electron chi connectivity index (χ2n) is 8.73. The van der Waals surface area contributed by atoms with Crippen LogP contribution < -0.4 is 10.0 Å². The van der Waals surface area contributed by atoms with E-state index in [1.165, 1.54) is 22.5 Å². The fourth-order valence-electron chi connectivity index (χ4n) is 4.76. The maximum absolute atomic E-state index is 13.1. The predicted octanol–water partition coefficient (Wildman–Crippen LogP) is 1.49. The molecule has 2 N–H and O–H groups in total. The van der Waals surface area contributed by atoms with Crippen molar-refractivity contribution in [2.24, 2.45) is 5.92 Å². The number of benzene rings is 1. The highest BCUT2D eigenvalue weighted by atomic mass is 32.2. The zero-order valence-electron chi connectivity index (χ0n) is 17.4. The van der Waals surface area contributed by atoms with Crippen molar-refractivity contribution in [1.82, 2.24) is 9.03 Å². The molecular formula is C19H29N3O6S3. The van der Waals surface area contributed by atoms with E-state index in [9.17, 15) is 25.3 Å². The highest BCUT2D eigenvalue weighted by Gasteiger charge is 2.37. The molecule has 1 aromatic rings. The maximum Gasteiger partial charge on any atom is 0.244 e. The minimum absolute atomic E-state index is 0.0772.